The molecule has 0 aromatic carbocycles. The van der Waals surface area contributed by atoms with Crippen LogP contribution in [0.1, 0.15) is 26.7 Å². The number of halogens is 1. The number of aliphatic hydroxyl groups is 1. The molecule has 0 amide bonds. The van der Waals surface area contributed by atoms with Crippen LogP contribution in [0.3, 0.4) is 0 Å². The molecule has 0 spiro atoms. The smallest absolute Gasteiger partial charge is 0.0609 e. The predicted molar refractivity (Wildman–Crippen MR) is 49.7 cm³/mol. The van der Waals surface area contributed by atoms with Gasteiger partial charge in [0.15, 0.2) is 0 Å². The van der Waals surface area contributed by atoms with Gasteiger partial charge < -0.3 is 5.11 Å². The fraction of sp³-hybridized carbons (Fsp3) is 0.556. The number of hydrogen-bond acceptors (Lipinski definition) is 1. The SMILES string of the molecule is CC=CCC(O)CC=C(C)Cl. The number of allylic oxidation sites excluding steroid dienone is 2. The van der Waals surface area contributed by atoms with Gasteiger partial charge in [0.2, 0.25) is 0 Å². The van der Waals surface area contributed by atoms with Crippen LogP contribution in [0, 0.1) is 0 Å². The van der Waals surface area contributed by atoms with Crippen molar-refractivity contribution in [3.8, 4) is 0 Å². The van der Waals surface area contributed by atoms with Gasteiger partial charge in [-0.2, -0.15) is 0 Å². The maximum atomic E-state index is 9.27. The Morgan fingerprint density at radius 3 is 2.64 bits per heavy atom. The van der Waals surface area contributed by atoms with Crippen LogP contribution in [-0.4, -0.2) is 11.2 Å². The van der Waals surface area contributed by atoms with Crippen LogP contribution < -0.4 is 0 Å². The predicted octanol–water partition coefficient (Wildman–Crippen LogP) is 2.85. The van der Waals surface area contributed by atoms with Crippen molar-refractivity contribution >= 4 is 11.6 Å². The van der Waals surface area contributed by atoms with E-state index in [1.165, 1.54) is 0 Å². The lowest BCUT2D eigenvalue weighted by atomic mass is 10.2. The van der Waals surface area contributed by atoms with E-state index in [4.69, 9.17) is 11.6 Å². The molecule has 0 heterocycles. The van der Waals surface area contributed by atoms with Gasteiger partial charge >= 0.3 is 0 Å². The molecule has 1 nitrogen and oxygen atoms in total. The second kappa shape index (κ2) is 6.44. The van der Waals surface area contributed by atoms with E-state index in [0.717, 1.165) is 5.03 Å². The fourth-order valence-electron chi connectivity index (χ4n) is 0.688. The van der Waals surface area contributed by atoms with Gasteiger partial charge in [0.05, 0.1) is 6.10 Å². The highest BCUT2D eigenvalue weighted by atomic mass is 35.5. The van der Waals surface area contributed by atoms with Crippen LogP contribution in [0.4, 0.5) is 0 Å². The lowest BCUT2D eigenvalue weighted by molar-refractivity contribution is 0.181. The van der Waals surface area contributed by atoms with Crippen molar-refractivity contribution in [2.24, 2.45) is 0 Å². The third kappa shape index (κ3) is 7.63. The molecule has 0 aliphatic heterocycles. The molecule has 1 atom stereocenters. The lowest BCUT2D eigenvalue weighted by Crippen LogP contribution is -2.02. The van der Waals surface area contributed by atoms with Crippen molar-refractivity contribution in [2.75, 3.05) is 0 Å². The molecule has 0 radical (unpaired) electrons. The molecule has 0 aliphatic carbocycles. The van der Waals surface area contributed by atoms with Crippen LogP contribution in [0.2, 0.25) is 0 Å². The normalized spacial score (nSPS) is 15.8. The minimum atomic E-state index is -0.292. The zero-order valence-corrected chi connectivity index (χ0v) is 7.80. The highest BCUT2D eigenvalue weighted by molar-refractivity contribution is 6.29. The molecule has 1 N–H and O–H groups in total. The summed E-state index contributed by atoms with van der Waals surface area (Å²) in [6.45, 7) is 3.75. The molecule has 11 heavy (non-hydrogen) atoms. The van der Waals surface area contributed by atoms with E-state index in [-0.39, 0.29) is 6.10 Å². The Kier molecular flexibility index (Phi) is 6.28. The molecule has 0 saturated carbocycles. The van der Waals surface area contributed by atoms with Gasteiger partial charge in [0.25, 0.3) is 0 Å². The Bertz CT molecular complexity index is 146. The van der Waals surface area contributed by atoms with E-state index in [9.17, 15) is 5.11 Å². The van der Waals surface area contributed by atoms with Crippen molar-refractivity contribution < 1.29 is 5.11 Å². The maximum Gasteiger partial charge on any atom is 0.0609 e. The second-order valence-electron chi connectivity index (χ2n) is 2.49. The summed E-state index contributed by atoms with van der Waals surface area (Å²) in [5.41, 5.74) is 0. The fourth-order valence-corrected chi connectivity index (χ4v) is 0.777. The van der Waals surface area contributed by atoms with E-state index in [1.807, 2.05) is 32.1 Å². The minimum Gasteiger partial charge on any atom is -0.392 e. The average Bonchev–Trinajstić information content (AvgIpc) is 1.97. The van der Waals surface area contributed by atoms with Gasteiger partial charge in [-0.1, -0.05) is 29.8 Å². The topological polar surface area (TPSA) is 20.2 Å². The average molecular weight is 175 g/mol. The Hall–Kier alpha value is -0.270. The van der Waals surface area contributed by atoms with E-state index in [2.05, 4.69) is 0 Å². The van der Waals surface area contributed by atoms with Crippen LogP contribution in [-0.2, 0) is 0 Å². The summed E-state index contributed by atoms with van der Waals surface area (Å²) in [5.74, 6) is 0. The summed E-state index contributed by atoms with van der Waals surface area (Å²) in [5, 5.41) is 10.0. The highest BCUT2D eigenvalue weighted by Gasteiger charge is 1.97. The molecule has 0 aromatic heterocycles. The van der Waals surface area contributed by atoms with Gasteiger partial charge in [-0.3, -0.25) is 0 Å². The first kappa shape index (κ1) is 10.7. The zero-order valence-electron chi connectivity index (χ0n) is 7.05. The number of hydrogen-bond donors (Lipinski definition) is 1. The van der Waals surface area contributed by atoms with E-state index < -0.39 is 0 Å². The third-order valence-corrected chi connectivity index (χ3v) is 1.47. The summed E-state index contributed by atoms with van der Waals surface area (Å²) < 4.78 is 0. The number of aliphatic hydroxyl groups excluding tert-OH is 1. The highest BCUT2D eigenvalue weighted by Crippen LogP contribution is 2.05. The van der Waals surface area contributed by atoms with Crippen molar-refractivity contribution in [2.45, 2.75) is 32.8 Å². The lowest BCUT2D eigenvalue weighted by Gasteiger charge is -2.02. The first-order valence-corrected chi connectivity index (χ1v) is 4.16. The van der Waals surface area contributed by atoms with Crippen molar-refractivity contribution in [3.63, 3.8) is 0 Å². The van der Waals surface area contributed by atoms with Crippen LogP contribution in [0.15, 0.2) is 23.3 Å². The minimum absolute atomic E-state index is 0.292. The van der Waals surface area contributed by atoms with Gasteiger partial charge in [0, 0.05) is 5.03 Å². The third-order valence-electron chi connectivity index (χ3n) is 1.32. The summed E-state index contributed by atoms with van der Waals surface area (Å²) >= 11 is 5.59. The zero-order chi connectivity index (χ0) is 8.69. The first-order chi connectivity index (χ1) is 5.16. The Balaban J connectivity index is 3.52. The van der Waals surface area contributed by atoms with Gasteiger partial charge in [-0.15, -0.1) is 0 Å². The van der Waals surface area contributed by atoms with Crippen molar-refractivity contribution in [3.05, 3.63) is 23.3 Å². The summed E-state index contributed by atoms with van der Waals surface area (Å²) in [4.78, 5) is 0. The van der Waals surface area contributed by atoms with E-state index in [0.29, 0.717) is 12.8 Å². The number of rotatable bonds is 4. The van der Waals surface area contributed by atoms with Crippen molar-refractivity contribution in [1.82, 2.24) is 0 Å². The maximum absolute atomic E-state index is 9.27. The molecule has 0 saturated heterocycles. The molecular formula is C9H15ClO. The van der Waals surface area contributed by atoms with Gasteiger partial charge in [-0.25, -0.2) is 0 Å². The summed E-state index contributed by atoms with van der Waals surface area (Å²) in [6, 6.07) is 0. The first-order valence-electron chi connectivity index (χ1n) is 3.78. The summed E-state index contributed by atoms with van der Waals surface area (Å²) in [6.07, 6.45) is 6.76. The van der Waals surface area contributed by atoms with Crippen LogP contribution >= 0.6 is 11.6 Å². The largest absolute Gasteiger partial charge is 0.392 e. The molecule has 2 heteroatoms. The summed E-state index contributed by atoms with van der Waals surface area (Å²) in [7, 11) is 0. The molecule has 1 unspecified atom stereocenters. The standard InChI is InChI=1S/C9H15ClO/c1-3-4-5-9(11)7-6-8(2)10/h3-4,6,9,11H,5,7H2,1-2H3. The second-order valence-corrected chi connectivity index (χ2v) is 3.08. The molecular weight excluding hydrogens is 160 g/mol. The molecule has 64 valence electrons. The molecule has 0 aliphatic rings. The van der Waals surface area contributed by atoms with Crippen LogP contribution in [0.25, 0.3) is 0 Å². The Labute approximate surface area is 73.4 Å². The van der Waals surface area contributed by atoms with Gasteiger partial charge in [0.1, 0.15) is 0 Å². The molecule has 0 bridgehead atoms. The van der Waals surface area contributed by atoms with Crippen molar-refractivity contribution in [1.29, 1.82) is 0 Å². The Morgan fingerprint density at radius 1 is 1.55 bits per heavy atom. The van der Waals surface area contributed by atoms with Gasteiger partial charge in [-0.05, 0) is 26.7 Å². The quantitative estimate of drug-likeness (QED) is 0.650. The monoisotopic (exact) mass is 174 g/mol. The molecule has 0 aromatic rings. The Morgan fingerprint density at radius 2 is 2.18 bits per heavy atom. The van der Waals surface area contributed by atoms with E-state index >= 15 is 0 Å². The van der Waals surface area contributed by atoms with E-state index in [1.54, 1.807) is 0 Å². The molecule has 0 fully saturated rings. The molecule has 0 rings (SSSR count). The van der Waals surface area contributed by atoms with Crippen LogP contribution in [0.5, 0.6) is 0 Å².